The molecule has 30 heavy (non-hydrogen) atoms. The maximum absolute atomic E-state index is 10.4. The van der Waals surface area contributed by atoms with Crippen molar-refractivity contribution >= 4 is 7.82 Å². The van der Waals surface area contributed by atoms with Gasteiger partial charge in [0.05, 0.1) is 13.2 Å². The maximum Gasteiger partial charge on any atom is 0.469 e. The zero-order chi connectivity index (χ0) is 22.3. The van der Waals surface area contributed by atoms with Crippen LogP contribution in [-0.4, -0.2) is 29.6 Å². The lowest BCUT2D eigenvalue weighted by Gasteiger charge is -2.05. The van der Waals surface area contributed by atoms with Crippen LogP contribution in [0.15, 0.2) is 0 Å². The maximum atomic E-state index is 10.4. The summed E-state index contributed by atoms with van der Waals surface area (Å²) in [7, 11) is -4.50. The Labute approximate surface area is 181 Å². The molecular formula is C20H43O9P. The number of hydrogen-bond donors (Lipinski definition) is 2. The monoisotopic (exact) mass is 458 g/mol. The van der Waals surface area contributed by atoms with E-state index in [1.54, 1.807) is 0 Å². The first kappa shape index (κ1) is 29.9. The predicted molar refractivity (Wildman–Crippen MR) is 113 cm³/mol. The Morgan fingerprint density at radius 3 is 1.50 bits per heavy atom. The first-order valence-electron chi connectivity index (χ1n) is 11.4. The van der Waals surface area contributed by atoms with Gasteiger partial charge in [-0.1, -0.05) is 97.3 Å². The van der Waals surface area contributed by atoms with Gasteiger partial charge in [-0.15, -0.1) is 0 Å². The van der Waals surface area contributed by atoms with Crippen LogP contribution in [0.5, 0.6) is 0 Å². The fraction of sp³-hybridized carbons (Fsp3) is 1.00. The summed E-state index contributed by atoms with van der Waals surface area (Å²) in [5.74, 6) is 0.846. The summed E-state index contributed by atoms with van der Waals surface area (Å²) in [5, 5.41) is 12.5. The van der Waals surface area contributed by atoms with Crippen LogP contribution in [0, 0.1) is 5.92 Å². The number of phosphoric ester groups is 1. The van der Waals surface area contributed by atoms with E-state index in [0.29, 0.717) is 6.61 Å². The van der Waals surface area contributed by atoms with Crippen LogP contribution in [0.4, 0.5) is 0 Å². The minimum atomic E-state index is -4.50. The number of unbranched alkanes of at least 4 members (excludes halogenated alkanes) is 12. The second-order valence-corrected chi connectivity index (χ2v) is 9.19. The molecule has 0 saturated heterocycles. The Kier molecular flexibility index (Phi) is 22.1. The van der Waals surface area contributed by atoms with Gasteiger partial charge in [-0.05, 0) is 27.5 Å². The molecule has 0 aliphatic rings. The van der Waals surface area contributed by atoms with Crippen LogP contribution in [0.1, 0.15) is 104 Å². The van der Waals surface area contributed by atoms with Crippen LogP contribution in [0.2, 0.25) is 0 Å². The Bertz CT molecular complexity index is 390. The highest BCUT2D eigenvalue weighted by Gasteiger charge is 2.12. The Morgan fingerprint density at radius 1 is 0.600 bits per heavy atom. The van der Waals surface area contributed by atoms with Crippen LogP contribution in [-0.2, 0) is 34.0 Å². The van der Waals surface area contributed by atoms with Crippen molar-refractivity contribution < 1.29 is 43.8 Å². The van der Waals surface area contributed by atoms with E-state index in [1.807, 2.05) is 0 Å². The van der Waals surface area contributed by atoms with E-state index < -0.39 is 7.82 Å². The molecule has 0 fully saturated rings. The molecular weight excluding hydrogens is 415 g/mol. The van der Waals surface area contributed by atoms with Gasteiger partial charge in [-0.2, -0.15) is 0 Å². The van der Waals surface area contributed by atoms with Crippen molar-refractivity contribution in [3.05, 3.63) is 0 Å². The minimum Gasteiger partial charge on any atom is -0.303 e. The van der Waals surface area contributed by atoms with E-state index in [2.05, 4.69) is 38.4 Å². The standard InChI is InChI=1S/C20H43O9P/c1-20(2)16-14-12-10-8-6-4-3-5-7-9-11-13-15-17-24-27-29-28-25-18-19-26-30(21,22)23/h20H,3-19H2,1-2H3,(H2,21,22,23). The third-order valence-electron chi connectivity index (χ3n) is 4.59. The van der Waals surface area contributed by atoms with Crippen molar-refractivity contribution in [1.29, 1.82) is 0 Å². The molecule has 0 heterocycles. The number of hydrogen-bond acceptors (Lipinski definition) is 7. The molecule has 182 valence electrons. The van der Waals surface area contributed by atoms with Crippen molar-refractivity contribution in [2.24, 2.45) is 5.92 Å². The molecule has 0 aliphatic heterocycles. The molecule has 0 radical (unpaired) electrons. The molecule has 0 aromatic heterocycles. The largest absolute Gasteiger partial charge is 0.469 e. The van der Waals surface area contributed by atoms with Crippen molar-refractivity contribution in [3.63, 3.8) is 0 Å². The van der Waals surface area contributed by atoms with Crippen molar-refractivity contribution in [2.75, 3.05) is 19.8 Å². The highest BCUT2D eigenvalue weighted by Crippen LogP contribution is 2.35. The van der Waals surface area contributed by atoms with Gasteiger partial charge < -0.3 is 9.79 Å². The van der Waals surface area contributed by atoms with Gasteiger partial charge in [-0.25, -0.2) is 14.3 Å². The van der Waals surface area contributed by atoms with Gasteiger partial charge in [0, 0.05) is 0 Å². The van der Waals surface area contributed by atoms with Gasteiger partial charge in [0.25, 0.3) is 0 Å². The molecule has 2 N–H and O–H groups in total. The minimum absolute atomic E-state index is 0.243. The number of rotatable bonds is 24. The number of phosphoric acid groups is 1. The lowest BCUT2D eigenvalue weighted by molar-refractivity contribution is -0.708. The normalized spacial score (nSPS) is 12.2. The third-order valence-corrected chi connectivity index (χ3v) is 5.11. The first-order chi connectivity index (χ1) is 14.4. The summed E-state index contributed by atoms with van der Waals surface area (Å²) in [4.78, 5) is 25.9. The summed E-state index contributed by atoms with van der Waals surface area (Å²) < 4.78 is 14.5. The SMILES string of the molecule is CC(C)CCCCCCCCCCCCCCCOOOOOCCOP(=O)(O)O. The Hall–Kier alpha value is -0.0900. The van der Waals surface area contributed by atoms with E-state index in [4.69, 9.17) is 14.7 Å². The highest BCUT2D eigenvalue weighted by molar-refractivity contribution is 7.46. The van der Waals surface area contributed by atoms with Crippen LogP contribution >= 0.6 is 7.82 Å². The topological polar surface area (TPSA) is 113 Å². The van der Waals surface area contributed by atoms with Crippen molar-refractivity contribution in [2.45, 2.75) is 104 Å². The van der Waals surface area contributed by atoms with Gasteiger partial charge in [0.15, 0.2) is 0 Å². The summed E-state index contributed by atoms with van der Waals surface area (Å²) in [6.07, 6.45) is 18.1. The molecule has 0 aliphatic carbocycles. The Balaban J connectivity index is 3.04. The second kappa shape index (κ2) is 22.1. The Morgan fingerprint density at radius 2 is 1.03 bits per heavy atom. The molecule has 0 spiro atoms. The zero-order valence-electron chi connectivity index (χ0n) is 18.8. The summed E-state index contributed by atoms with van der Waals surface area (Å²) in [6.45, 7) is 4.38. The van der Waals surface area contributed by atoms with E-state index in [0.717, 1.165) is 18.8 Å². The van der Waals surface area contributed by atoms with Crippen LogP contribution < -0.4 is 0 Å². The van der Waals surface area contributed by atoms with Gasteiger partial charge in [0.2, 0.25) is 0 Å². The first-order valence-corrected chi connectivity index (χ1v) is 12.9. The van der Waals surface area contributed by atoms with Crippen molar-refractivity contribution in [1.82, 2.24) is 0 Å². The molecule has 0 aromatic carbocycles. The lowest BCUT2D eigenvalue weighted by atomic mass is 10.0. The third kappa shape index (κ3) is 27.9. The van der Waals surface area contributed by atoms with E-state index in [-0.39, 0.29) is 13.2 Å². The molecule has 0 amide bonds. The van der Waals surface area contributed by atoms with Crippen LogP contribution in [0.3, 0.4) is 0 Å². The van der Waals surface area contributed by atoms with Gasteiger partial charge in [-0.3, -0.25) is 4.52 Å². The summed E-state index contributed by atoms with van der Waals surface area (Å²) in [6, 6.07) is 0. The average molecular weight is 459 g/mol. The fourth-order valence-corrected chi connectivity index (χ4v) is 3.28. The van der Waals surface area contributed by atoms with E-state index >= 15 is 0 Å². The molecule has 9 nitrogen and oxygen atoms in total. The van der Waals surface area contributed by atoms with Gasteiger partial charge in [0.1, 0.15) is 6.61 Å². The van der Waals surface area contributed by atoms with E-state index in [9.17, 15) is 4.57 Å². The lowest BCUT2D eigenvalue weighted by Crippen LogP contribution is -2.05. The van der Waals surface area contributed by atoms with E-state index in [1.165, 1.54) is 77.0 Å². The molecule has 0 rings (SSSR count). The highest BCUT2D eigenvalue weighted by atomic mass is 31.2. The molecule has 0 unspecified atom stereocenters. The van der Waals surface area contributed by atoms with Crippen molar-refractivity contribution in [3.8, 4) is 0 Å². The molecule has 0 bridgehead atoms. The molecule has 0 saturated carbocycles. The average Bonchev–Trinajstić information content (AvgIpc) is 2.67. The molecule has 0 aromatic rings. The second-order valence-electron chi connectivity index (χ2n) is 7.95. The fourth-order valence-electron chi connectivity index (χ4n) is 2.97. The predicted octanol–water partition coefficient (Wildman–Crippen LogP) is 5.96. The molecule has 0 atom stereocenters. The quantitative estimate of drug-likeness (QED) is 0.0783. The smallest absolute Gasteiger partial charge is 0.303 e. The summed E-state index contributed by atoms with van der Waals surface area (Å²) >= 11 is 0. The van der Waals surface area contributed by atoms with Crippen LogP contribution in [0.25, 0.3) is 0 Å². The molecule has 10 heteroatoms. The zero-order valence-corrected chi connectivity index (χ0v) is 19.7. The summed E-state index contributed by atoms with van der Waals surface area (Å²) in [5.41, 5.74) is 0. The van der Waals surface area contributed by atoms with Gasteiger partial charge >= 0.3 is 7.82 Å².